The van der Waals surface area contributed by atoms with Crippen LogP contribution in [0.15, 0.2) is 29.2 Å². The van der Waals surface area contributed by atoms with E-state index in [0.29, 0.717) is 30.3 Å². The van der Waals surface area contributed by atoms with Crippen molar-refractivity contribution in [2.45, 2.75) is 43.9 Å². The number of aliphatic hydroxyl groups excluding tert-OH is 1. The summed E-state index contributed by atoms with van der Waals surface area (Å²) in [5, 5.41) is 8.83. The average molecular weight is 311 g/mol. The van der Waals surface area contributed by atoms with Crippen LogP contribution in [0.4, 0.5) is 0 Å². The van der Waals surface area contributed by atoms with Crippen molar-refractivity contribution in [2.24, 2.45) is 5.92 Å². The SMILES string of the molecule is CCCN(CC1CC1)S(=O)(=O)c1ccc(CCCO)cc1. The Morgan fingerprint density at radius 3 is 2.43 bits per heavy atom. The van der Waals surface area contributed by atoms with Crippen LogP contribution in [0.1, 0.15) is 38.2 Å². The van der Waals surface area contributed by atoms with Gasteiger partial charge in [-0.05, 0) is 55.7 Å². The summed E-state index contributed by atoms with van der Waals surface area (Å²) in [6.07, 6.45) is 4.61. The predicted molar refractivity (Wildman–Crippen MR) is 83.6 cm³/mol. The fraction of sp³-hybridized carbons (Fsp3) is 0.625. The lowest BCUT2D eigenvalue weighted by molar-refractivity contribution is 0.288. The van der Waals surface area contributed by atoms with Gasteiger partial charge in [0.05, 0.1) is 4.90 Å². The number of hydrogen-bond acceptors (Lipinski definition) is 3. The van der Waals surface area contributed by atoms with Crippen molar-refractivity contribution in [3.63, 3.8) is 0 Å². The zero-order valence-electron chi connectivity index (χ0n) is 12.7. The van der Waals surface area contributed by atoms with Gasteiger partial charge in [0.2, 0.25) is 10.0 Å². The number of aliphatic hydroxyl groups is 1. The Kier molecular flexibility index (Phi) is 5.79. The summed E-state index contributed by atoms with van der Waals surface area (Å²) in [5.74, 6) is 0.551. The molecule has 1 aromatic rings. The van der Waals surface area contributed by atoms with E-state index in [9.17, 15) is 8.42 Å². The molecule has 0 amide bonds. The molecule has 21 heavy (non-hydrogen) atoms. The number of benzene rings is 1. The smallest absolute Gasteiger partial charge is 0.243 e. The molecule has 4 nitrogen and oxygen atoms in total. The monoisotopic (exact) mass is 311 g/mol. The molecule has 0 radical (unpaired) electrons. The van der Waals surface area contributed by atoms with Crippen molar-refractivity contribution in [1.82, 2.24) is 4.31 Å². The molecule has 0 saturated heterocycles. The van der Waals surface area contributed by atoms with Crippen LogP contribution in [0.3, 0.4) is 0 Å². The minimum atomic E-state index is -3.37. The van der Waals surface area contributed by atoms with Crippen LogP contribution in [-0.2, 0) is 16.4 Å². The van der Waals surface area contributed by atoms with Crippen LogP contribution in [-0.4, -0.2) is 37.5 Å². The summed E-state index contributed by atoms with van der Waals surface area (Å²) in [7, 11) is -3.37. The number of sulfonamides is 1. The van der Waals surface area contributed by atoms with Crippen molar-refractivity contribution < 1.29 is 13.5 Å². The van der Waals surface area contributed by atoms with Crippen molar-refractivity contribution in [3.8, 4) is 0 Å². The van der Waals surface area contributed by atoms with Gasteiger partial charge in [0.15, 0.2) is 0 Å². The molecule has 1 saturated carbocycles. The molecule has 5 heteroatoms. The Bertz CT molecular complexity index is 535. The minimum Gasteiger partial charge on any atom is -0.396 e. The van der Waals surface area contributed by atoms with E-state index in [1.807, 2.05) is 19.1 Å². The number of hydrogen-bond donors (Lipinski definition) is 1. The Balaban J connectivity index is 2.12. The van der Waals surface area contributed by atoms with E-state index in [0.717, 1.165) is 31.2 Å². The summed E-state index contributed by atoms with van der Waals surface area (Å²) in [6, 6.07) is 7.09. The molecule has 0 spiro atoms. The van der Waals surface area contributed by atoms with E-state index in [-0.39, 0.29) is 6.61 Å². The summed E-state index contributed by atoms with van der Waals surface area (Å²) in [4.78, 5) is 0.379. The second-order valence-corrected chi connectivity index (χ2v) is 7.72. The molecular formula is C16H25NO3S. The second-order valence-electron chi connectivity index (χ2n) is 5.78. The third-order valence-corrected chi connectivity index (χ3v) is 5.70. The molecule has 1 aromatic carbocycles. The van der Waals surface area contributed by atoms with Crippen molar-refractivity contribution in [3.05, 3.63) is 29.8 Å². The van der Waals surface area contributed by atoms with E-state index in [2.05, 4.69) is 0 Å². The highest BCUT2D eigenvalue weighted by Crippen LogP contribution is 2.31. The first-order chi connectivity index (χ1) is 10.1. The van der Waals surface area contributed by atoms with E-state index < -0.39 is 10.0 Å². The molecule has 118 valence electrons. The number of rotatable bonds is 9. The van der Waals surface area contributed by atoms with Gasteiger partial charge >= 0.3 is 0 Å². The Morgan fingerprint density at radius 2 is 1.90 bits per heavy atom. The van der Waals surface area contributed by atoms with Crippen molar-refractivity contribution in [2.75, 3.05) is 19.7 Å². The Morgan fingerprint density at radius 1 is 1.24 bits per heavy atom. The molecule has 0 aromatic heterocycles. The van der Waals surface area contributed by atoms with Crippen LogP contribution in [0.25, 0.3) is 0 Å². The van der Waals surface area contributed by atoms with Gasteiger partial charge in [-0.1, -0.05) is 19.1 Å². The van der Waals surface area contributed by atoms with Gasteiger partial charge in [-0.3, -0.25) is 0 Å². The van der Waals surface area contributed by atoms with E-state index in [4.69, 9.17) is 5.11 Å². The molecule has 0 atom stereocenters. The molecule has 0 heterocycles. The van der Waals surface area contributed by atoms with Gasteiger partial charge in [-0.15, -0.1) is 0 Å². The first-order valence-corrected chi connectivity index (χ1v) is 9.22. The summed E-state index contributed by atoms with van der Waals surface area (Å²) < 4.78 is 27.0. The first kappa shape index (κ1) is 16.5. The Hall–Kier alpha value is -0.910. The molecule has 0 aliphatic heterocycles. The van der Waals surface area contributed by atoms with E-state index >= 15 is 0 Å². The van der Waals surface area contributed by atoms with Crippen LogP contribution < -0.4 is 0 Å². The quantitative estimate of drug-likeness (QED) is 0.762. The maximum absolute atomic E-state index is 12.7. The maximum Gasteiger partial charge on any atom is 0.243 e. The molecule has 2 rings (SSSR count). The van der Waals surface area contributed by atoms with E-state index in [1.54, 1.807) is 16.4 Å². The molecule has 0 bridgehead atoms. The molecular weight excluding hydrogens is 286 g/mol. The van der Waals surface area contributed by atoms with Crippen LogP contribution >= 0.6 is 0 Å². The topological polar surface area (TPSA) is 57.6 Å². The van der Waals surface area contributed by atoms with Crippen molar-refractivity contribution >= 4 is 10.0 Å². The average Bonchev–Trinajstić information content (AvgIpc) is 3.29. The first-order valence-electron chi connectivity index (χ1n) is 7.78. The molecule has 1 aliphatic rings. The number of aryl methyl sites for hydroxylation is 1. The number of nitrogens with zero attached hydrogens (tertiary/aromatic N) is 1. The second kappa shape index (κ2) is 7.38. The Labute approximate surface area is 127 Å². The maximum atomic E-state index is 12.7. The van der Waals surface area contributed by atoms with Gasteiger partial charge in [0.1, 0.15) is 0 Å². The molecule has 1 fully saturated rings. The summed E-state index contributed by atoms with van der Waals surface area (Å²) in [6.45, 7) is 3.41. The molecule has 0 unspecified atom stereocenters. The summed E-state index contributed by atoms with van der Waals surface area (Å²) in [5.41, 5.74) is 1.06. The molecule has 1 aliphatic carbocycles. The lowest BCUT2D eigenvalue weighted by Gasteiger charge is -2.21. The highest BCUT2D eigenvalue weighted by atomic mass is 32.2. The lowest BCUT2D eigenvalue weighted by atomic mass is 10.1. The third kappa shape index (κ3) is 4.53. The van der Waals surface area contributed by atoms with Crippen LogP contribution in [0, 0.1) is 5.92 Å². The van der Waals surface area contributed by atoms with Gasteiger partial charge < -0.3 is 5.11 Å². The zero-order valence-corrected chi connectivity index (χ0v) is 13.5. The lowest BCUT2D eigenvalue weighted by Crippen LogP contribution is -2.33. The van der Waals surface area contributed by atoms with E-state index in [1.165, 1.54) is 0 Å². The highest BCUT2D eigenvalue weighted by Gasteiger charge is 2.31. The van der Waals surface area contributed by atoms with Gasteiger partial charge in [-0.25, -0.2) is 8.42 Å². The predicted octanol–water partition coefficient (Wildman–Crippen LogP) is 2.42. The normalized spacial score (nSPS) is 15.6. The largest absolute Gasteiger partial charge is 0.396 e. The summed E-state index contributed by atoms with van der Waals surface area (Å²) >= 11 is 0. The van der Waals surface area contributed by atoms with Crippen LogP contribution in [0.2, 0.25) is 0 Å². The standard InChI is InChI=1S/C16H25NO3S/c1-2-11-17(13-15-5-6-15)21(19,20)16-9-7-14(8-10-16)4-3-12-18/h7-10,15,18H,2-6,11-13H2,1H3. The fourth-order valence-corrected chi connectivity index (χ4v) is 4.02. The van der Waals surface area contributed by atoms with Crippen molar-refractivity contribution in [1.29, 1.82) is 0 Å². The minimum absolute atomic E-state index is 0.158. The third-order valence-electron chi connectivity index (χ3n) is 3.82. The zero-order chi connectivity index (χ0) is 15.3. The highest BCUT2D eigenvalue weighted by molar-refractivity contribution is 7.89. The van der Waals surface area contributed by atoms with Gasteiger partial charge in [0, 0.05) is 19.7 Å². The van der Waals surface area contributed by atoms with Gasteiger partial charge in [0.25, 0.3) is 0 Å². The van der Waals surface area contributed by atoms with Gasteiger partial charge in [-0.2, -0.15) is 4.31 Å². The molecule has 1 N–H and O–H groups in total. The van der Waals surface area contributed by atoms with Crippen LogP contribution in [0.5, 0.6) is 0 Å². The fourth-order valence-electron chi connectivity index (χ4n) is 2.41.